The third-order valence-electron chi connectivity index (χ3n) is 3.46. The van der Waals surface area contributed by atoms with Crippen molar-refractivity contribution in [1.29, 1.82) is 0 Å². The molecule has 1 aromatic carbocycles. The Morgan fingerprint density at radius 1 is 1.50 bits per heavy atom. The average Bonchev–Trinajstić information content (AvgIpc) is 2.53. The number of sulfonamides is 1. The van der Waals surface area contributed by atoms with Crippen LogP contribution in [0.15, 0.2) is 23.1 Å². The molecule has 8 heteroatoms. The molecule has 1 N–H and O–H groups in total. The van der Waals surface area contributed by atoms with Crippen molar-refractivity contribution < 1.29 is 22.7 Å². The van der Waals surface area contributed by atoms with E-state index >= 15 is 0 Å². The van der Waals surface area contributed by atoms with Crippen LogP contribution in [0.2, 0.25) is 5.02 Å². The monoisotopic (exact) mass is 347 g/mol. The summed E-state index contributed by atoms with van der Waals surface area (Å²) in [6.45, 7) is 1.58. The van der Waals surface area contributed by atoms with E-state index in [0.29, 0.717) is 13.2 Å². The first-order valence-corrected chi connectivity index (χ1v) is 8.75. The highest BCUT2D eigenvalue weighted by atomic mass is 35.5. The Kier molecular flexibility index (Phi) is 5.80. The molecule has 1 aromatic rings. The van der Waals surface area contributed by atoms with Crippen LogP contribution in [0.4, 0.5) is 0 Å². The number of carbonyl (C=O) groups excluding carboxylic acids is 1. The summed E-state index contributed by atoms with van der Waals surface area (Å²) in [5, 5.41) is -0.0182. The Hall–Kier alpha value is -1.15. The molecule has 1 aliphatic heterocycles. The van der Waals surface area contributed by atoms with Crippen LogP contribution < -0.4 is 4.72 Å². The Bertz CT molecular complexity index is 641. The summed E-state index contributed by atoms with van der Waals surface area (Å²) in [6, 6.07) is 3.95. The van der Waals surface area contributed by atoms with E-state index in [2.05, 4.69) is 9.46 Å². The number of hydrogen-bond acceptors (Lipinski definition) is 5. The van der Waals surface area contributed by atoms with Gasteiger partial charge in [-0.2, -0.15) is 0 Å². The van der Waals surface area contributed by atoms with E-state index in [1.807, 2.05) is 0 Å². The highest BCUT2D eigenvalue weighted by Crippen LogP contribution is 2.23. The van der Waals surface area contributed by atoms with Crippen LogP contribution >= 0.6 is 11.6 Å². The van der Waals surface area contributed by atoms with Gasteiger partial charge in [0, 0.05) is 13.2 Å². The minimum Gasteiger partial charge on any atom is -0.465 e. The van der Waals surface area contributed by atoms with Crippen molar-refractivity contribution in [3.8, 4) is 0 Å². The summed E-state index contributed by atoms with van der Waals surface area (Å²) in [4.78, 5) is 11.3. The van der Waals surface area contributed by atoms with Gasteiger partial charge in [-0.05, 0) is 37.0 Å². The van der Waals surface area contributed by atoms with Crippen LogP contribution in [0.1, 0.15) is 23.2 Å². The normalized spacial score (nSPS) is 18.9. The molecule has 1 atom stereocenters. The Morgan fingerprint density at radius 3 is 2.86 bits per heavy atom. The van der Waals surface area contributed by atoms with Crippen molar-refractivity contribution in [3.05, 3.63) is 28.8 Å². The molecule has 0 bridgehead atoms. The Morgan fingerprint density at radius 2 is 2.27 bits per heavy atom. The first-order valence-electron chi connectivity index (χ1n) is 6.89. The molecule has 0 unspecified atom stereocenters. The van der Waals surface area contributed by atoms with E-state index in [0.717, 1.165) is 19.4 Å². The predicted molar refractivity (Wildman–Crippen MR) is 81.5 cm³/mol. The Labute approximate surface area is 134 Å². The van der Waals surface area contributed by atoms with Crippen molar-refractivity contribution >= 4 is 27.6 Å². The first kappa shape index (κ1) is 17.2. The fourth-order valence-electron chi connectivity index (χ4n) is 2.24. The van der Waals surface area contributed by atoms with Gasteiger partial charge in [-0.3, -0.25) is 0 Å². The van der Waals surface area contributed by atoms with Crippen molar-refractivity contribution in [2.75, 3.05) is 26.9 Å². The van der Waals surface area contributed by atoms with Gasteiger partial charge in [-0.15, -0.1) is 0 Å². The summed E-state index contributed by atoms with van der Waals surface area (Å²) in [5.41, 5.74) is 0.201. The van der Waals surface area contributed by atoms with E-state index in [1.165, 1.54) is 25.3 Å². The third-order valence-corrected chi connectivity index (χ3v) is 5.37. The molecule has 0 aromatic heterocycles. The summed E-state index contributed by atoms with van der Waals surface area (Å²) in [5.74, 6) is -0.408. The highest BCUT2D eigenvalue weighted by Gasteiger charge is 2.22. The van der Waals surface area contributed by atoms with E-state index < -0.39 is 16.0 Å². The highest BCUT2D eigenvalue weighted by molar-refractivity contribution is 7.89. The van der Waals surface area contributed by atoms with Gasteiger partial charge >= 0.3 is 5.97 Å². The van der Waals surface area contributed by atoms with Crippen molar-refractivity contribution in [2.24, 2.45) is 5.92 Å². The lowest BCUT2D eigenvalue weighted by Crippen LogP contribution is -2.33. The molecule has 22 heavy (non-hydrogen) atoms. The maximum atomic E-state index is 12.3. The lowest BCUT2D eigenvalue weighted by atomic mass is 10.0. The average molecular weight is 348 g/mol. The van der Waals surface area contributed by atoms with E-state index in [-0.39, 0.29) is 21.4 Å². The topological polar surface area (TPSA) is 81.7 Å². The van der Waals surface area contributed by atoms with E-state index in [4.69, 9.17) is 16.3 Å². The second-order valence-corrected chi connectivity index (χ2v) is 7.21. The minimum atomic E-state index is -3.73. The number of ether oxygens (including phenoxy) is 2. The van der Waals surface area contributed by atoms with Gasteiger partial charge < -0.3 is 9.47 Å². The molecule has 0 radical (unpaired) electrons. The van der Waals surface area contributed by atoms with Gasteiger partial charge in [0.15, 0.2) is 0 Å². The molecule has 2 rings (SSSR count). The van der Waals surface area contributed by atoms with Crippen LogP contribution in [0.5, 0.6) is 0 Å². The smallest absolute Gasteiger partial charge is 0.337 e. The molecule has 6 nitrogen and oxygen atoms in total. The molecule has 1 heterocycles. The van der Waals surface area contributed by atoms with Crippen LogP contribution in [-0.2, 0) is 19.5 Å². The molecule has 0 spiro atoms. The summed E-state index contributed by atoms with van der Waals surface area (Å²) in [6.07, 6.45) is 1.86. The van der Waals surface area contributed by atoms with Gasteiger partial charge in [0.1, 0.15) is 4.90 Å². The standard InChI is InChI=1S/C14H18ClNO5S/c1-20-14(17)11-4-5-13(12(15)7-11)22(18,19)16-8-10-3-2-6-21-9-10/h4-5,7,10,16H,2-3,6,8-9H2,1H3/t10-/m0/s1. The first-order chi connectivity index (χ1) is 10.4. The lowest BCUT2D eigenvalue weighted by Gasteiger charge is -2.22. The maximum absolute atomic E-state index is 12.3. The quantitative estimate of drug-likeness (QED) is 0.822. The fraction of sp³-hybridized carbons (Fsp3) is 0.500. The number of benzene rings is 1. The number of hydrogen-bond donors (Lipinski definition) is 1. The van der Waals surface area contributed by atoms with Crippen LogP contribution in [-0.4, -0.2) is 41.3 Å². The van der Waals surface area contributed by atoms with Crippen molar-refractivity contribution in [2.45, 2.75) is 17.7 Å². The second kappa shape index (κ2) is 7.41. The van der Waals surface area contributed by atoms with E-state index in [9.17, 15) is 13.2 Å². The molecule has 1 aliphatic rings. The number of methoxy groups -OCH3 is 1. The molecule has 0 amide bonds. The molecule has 1 saturated heterocycles. The molecular formula is C14H18ClNO5S. The maximum Gasteiger partial charge on any atom is 0.337 e. The fourth-order valence-corrected chi connectivity index (χ4v) is 3.90. The van der Waals surface area contributed by atoms with Crippen LogP contribution in [0.25, 0.3) is 0 Å². The largest absolute Gasteiger partial charge is 0.465 e. The summed E-state index contributed by atoms with van der Waals surface area (Å²) < 4.78 is 37.0. The lowest BCUT2D eigenvalue weighted by molar-refractivity contribution is 0.0567. The minimum absolute atomic E-state index is 0.0182. The molecule has 0 aliphatic carbocycles. The second-order valence-electron chi connectivity index (χ2n) is 5.07. The van der Waals surface area contributed by atoms with Crippen molar-refractivity contribution in [1.82, 2.24) is 4.72 Å². The van der Waals surface area contributed by atoms with Crippen molar-refractivity contribution in [3.63, 3.8) is 0 Å². The zero-order valence-electron chi connectivity index (χ0n) is 12.2. The molecule has 122 valence electrons. The molecular weight excluding hydrogens is 330 g/mol. The third kappa shape index (κ3) is 4.19. The number of nitrogens with one attached hydrogen (secondary N) is 1. The SMILES string of the molecule is COC(=O)c1ccc(S(=O)(=O)NC[C@@H]2CCCOC2)c(Cl)c1. The van der Waals surface area contributed by atoms with E-state index in [1.54, 1.807) is 0 Å². The van der Waals surface area contributed by atoms with Gasteiger partial charge in [-0.25, -0.2) is 17.9 Å². The predicted octanol–water partition coefficient (Wildman–Crippen LogP) is 1.83. The summed E-state index contributed by atoms with van der Waals surface area (Å²) >= 11 is 5.98. The van der Waals surface area contributed by atoms with Gasteiger partial charge in [0.2, 0.25) is 10.0 Å². The number of halogens is 1. The molecule has 0 saturated carbocycles. The van der Waals surface area contributed by atoms with Gasteiger partial charge in [-0.1, -0.05) is 11.6 Å². The zero-order chi connectivity index (χ0) is 16.2. The van der Waals surface area contributed by atoms with Crippen LogP contribution in [0.3, 0.4) is 0 Å². The summed E-state index contributed by atoms with van der Waals surface area (Å²) in [7, 11) is -2.48. The molecule has 1 fully saturated rings. The number of rotatable bonds is 5. The number of carbonyl (C=O) groups is 1. The Balaban J connectivity index is 2.09. The van der Waals surface area contributed by atoms with Gasteiger partial charge in [0.25, 0.3) is 0 Å². The van der Waals surface area contributed by atoms with Gasteiger partial charge in [0.05, 0.1) is 24.3 Å². The zero-order valence-corrected chi connectivity index (χ0v) is 13.7. The number of esters is 1. The van der Waals surface area contributed by atoms with Crippen LogP contribution in [0, 0.1) is 5.92 Å².